The first kappa shape index (κ1) is 12.0. The lowest BCUT2D eigenvalue weighted by molar-refractivity contribution is -0.119. The molecule has 2 nitrogen and oxygen atoms in total. The molecule has 72 valence electrons. The molecule has 0 aromatic heterocycles. The molecule has 0 radical (unpaired) electrons. The Kier molecular flexibility index (Phi) is 5.59. The molecule has 3 heteroatoms. The molecule has 0 aliphatic carbocycles. The van der Waals surface area contributed by atoms with E-state index in [1.807, 2.05) is 13.2 Å². The largest absolute Gasteiger partial charge is 0.321 e. The first-order chi connectivity index (χ1) is 5.49. The maximum absolute atomic E-state index is 11.5. The molecule has 0 amide bonds. The zero-order valence-electron chi connectivity index (χ0n) is 8.33. The van der Waals surface area contributed by atoms with Gasteiger partial charge in [-0.1, -0.05) is 13.8 Å². The van der Waals surface area contributed by atoms with E-state index in [2.05, 4.69) is 13.8 Å². The van der Waals surface area contributed by atoms with Gasteiger partial charge in [0.05, 0.1) is 11.3 Å². The van der Waals surface area contributed by atoms with Gasteiger partial charge in [-0.2, -0.15) is 11.8 Å². The number of thioether (sulfide) groups is 1. The molecular formula is C9H19NOS. The minimum atomic E-state index is -0.271. The number of Topliss-reactive ketones (excluding diaryl/α,β-unsaturated/α-hetero) is 1. The van der Waals surface area contributed by atoms with Gasteiger partial charge in [0.25, 0.3) is 0 Å². The summed E-state index contributed by atoms with van der Waals surface area (Å²) in [6.07, 6.45) is 2.73. The van der Waals surface area contributed by atoms with Gasteiger partial charge in [0.1, 0.15) is 0 Å². The van der Waals surface area contributed by atoms with Gasteiger partial charge in [0.2, 0.25) is 0 Å². The lowest BCUT2D eigenvalue weighted by Crippen LogP contribution is -2.36. The molecule has 0 aromatic carbocycles. The van der Waals surface area contributed by atoms with Gasteiger partial charge < -0.3 is 5.73 Å². The highest BCUT2D eigenvalue weighted by Crippen LogP contribution is 2.12. The molecule has 0 heterocycles. The second kappa shape index (κ2) is 5.60. The summed E-state index contributed by atoms with van der Waals surface area (Å²) in [7, 11) is 0. The standard InChI is InChI=1S/C9H19NOS/c1-6(2)5-8(10)9(11)7(3)12-4/h6-8H,5,10H2,1-4H3/t7?,8-/m1/s1. The number of rotatable bonds is 5. The second-order valence-corrected chi connectivity index (χ2v) is 4.69. The molecule has 0 bridgehead atoms. The van der Waals surface area contributed by atoms with Gasteiger partial charge in [0, 0.05) is 0 Å². The van der Waals surface area contributed by atoms with E-state index in [4.69, 9.17) is 5.73 Å². The van der Waals surface area contributed by atoms with Crippen LogP contribution in [0.25, 0.3) is 0 Å². The van der Waals surface area contributed by atoms with E-state index in [1.165, 1.54) is 0 Å². The molecule has 0 aliphatic rings. The maximum atomic E-state index is 11.5. The van der Waals surface area contributed by atoms with E-state index in [1.54, 1.807) is 11.8 Å². The molecule has 2 N–H and O–H groups in total. The number of nitrogens with two attached hydrogens (primary N) is 1. The molecule has 0 saturated carbocycles. The molecule has 1 unspecified atom stereocenters. The Balaban J connectivity index is 3.92. The summed E-state index contributed by atoms with van der Waals surface area (Å²) in [5.41, 5.74) is 5.73. The van der Waals surface area contributed by atoms with Crippen molar-refractivity contribution >= 4 is 17.5 Å². The maximum Gasteiger partial charge on any atom is 0.162 e. The average molecular weight is 189 g/mol. The Morgan fingerprint density at radius 3 is 2.25 bits per heavy atom. The third kappa shape index (κ3) is 4.12. The summed E-state index contributed by atoms with van der Waals surface area (Å²) in [4.78, 5) is 11.5. The van der Waals surface area contributed by atoms with Crippen LogP contribution in [-0.2, 0) is 4.79 Å². The lowest BCUT2D eigenvalue weighted by Gasteiger charge is -2.15. The number of carbonyl (C=O) groups excluding carboxylic acids is 1. The molecule has 0 saturated heterocycles. The van der Waals surface area contributed by atoms with Crippen LogP contribution >= 0.6 is 11.8 Å². The summed E-state index contributed by atoms with van der Waals surface area (Å²) < 4.78 is 0. The average Bonchev–Trinajstić information content (AvgIpc) is 2.00. The highest BCUT2D eigenvalue weighted by atomic mass is 32.2. The smallest absolute Gasteiger partial charge is 0.162 e. The normalized spacial score (nSPS) is 16.2. The minimum absolute atomic E-state index is 0.0405. The summed E-state index contributed by atoms with van der Waals surface area (Å²) in [5.74, 6) is 0.675. The van der Waals surface area contributed by atoms with Gasteiger partial charge in [0.15, 0.2) is 5.78 Å². The first-order valence-corrected chi connectivity index (χ1v) is 5.60. The van der Waals surface area contributed by atoms with Gasteiger partial charge in [-0.15, -0.1) is 0 Å². The molecule has 2 atom stereocenters. The van der Waals surface area contributed by atoms with E-state index in [9.17, 15) is 4.79 Å². The molecule has 0 aromatic rings. The summed E-state index contributed by atoms with van der Waals surface area (Å²) in [6, 6.07) is -0.271. The third-order valence-corrected chi connectivity index (χ3v) is 2.78. The van der Waals surface area contributed by atoms with Crippen LogP contribution in [0.15, 0.2) is 0 Å². The van der Waals surface area contributed by atoms with Crippen LogP contribution in [0.2, 0.25) is 0 Å². The van der Waals surface area contributed by atoms with Crippen molar-refractivity contribution in [3.8, 4) is 0 Å². The van der Waals surface area contributed by atoms with E-state index < -0.39 is 0 Å². The lowest BCUT2D eigenvalue weighted by atomic mass is 10.00. The Morgan fingerprint density at radius 1 is 1.42 bits per heavy atom. The van der Waals surface area contributed by atoms with Crippen LogP contribution in [0.4, 0.5) is 0 Å². The monoisotopic (exact) mass is 189 g/mol. The fourth-order valence-corrected chi connectivity index (χ4v) is 1.45. The topological polar surface area (TPSA) is 43.1 Å². The summed E-state index contributed by atoms with van der Waals surface area (Å²) in [5, 5.41) is 0.0405. The Labute approximate surface area is 79.3 Å². The van der Waals surface area contributed by atoms with Crippen molar-refractivity contribution in [3.63, 3.8) is 0 Å². The highest BCUT2D eigenvalue weighted by Gasteiger charge is 2.19. The SMILES string of the molecule is CSC(C)C(=O)[C@H](N)CC(C)C. The van der Waals surface area contributed by atoms with Crippen LogP contribution in [-0.4, -0.2) is 23.3 Å². The van der Waals surface area contributed by atoms with Crippen molar-refractivity contribution in [2.24, 2.45) is 11.7 Å². The molecule has 0 aliphatic heterocycles. The van der Waals surface area contributed by atoms with Crippen LogP contribution in [0.1, 0.15) is 27.2 Å². The van der Waals surface area contributed by atoms with Crippen LogP contribution in [0.5, 0.6) is 0 Å². The van der Waals surface area contributed by atoms with Gasteiger partial charge >= 0.3 is 0 Å². The van der Waals surface area contributed by atoms with Crippen LogP contribution in [0.3, 0.4) is 0 Å². The summed E-state index contributed by atoms with van der Waals surface area (Å²) in [6.45, 7) is 6.07. The van der Waals surface area contributed by atoms with Crippen LogP contribution in [0, 0.1) is 5.92 Å². The number of carbonyl (C=O) groups is 1. The summed E-state index contributed by atoms with van der Waals surface area (Å²) >= 11 is 1.56. The van der Waals surface area contributed by atoms with E-state index in [0.717, 1.165) is 6.42 Å². The highest BCUT2D eigenvalue weighted by molar-refractivity contribution is 7.99. The zero-order chi connectivity index (χ0) is 9.72. The van der Waals surface area contributed by atoms with Crippen molar-refractivity contribution in [3.05, 3.63) is 0 Å². The van der Waals surface area contributed by atoms with Crippen LogP contribution < -0.4 is 5.73 Å². The second-order valence-electron chi connectivity index (χ2n) is 3.52. The Hall–Kier alpha value is -0.0200. The molecule has 0 spiro atoms. The van der Waals surface area contributed by atoms with Crippen molar-refractivity contribution in [2.45, 2.75) is 38.5 Å². The van der Waals surface area contributed by atoms with Crippen molar-refractivity contribution in [1.82, 2.24) is 0 Å². The van der Waals surface area contributed by atoms with Crippen molar-refractivity contribution < 1.29 is 4.79 Å². The zero-order valence-corrected chi connectivity index (χ0v) is 9.15. The predicted octanol–water partition coefficient (Wildman–Crippen LogP) is 1.68. The number of ketones is 1. The van der Waals surface area contributed by atoms with Gasteiger partial charge in [-0.05, 0) is 25.5 Å². The van der Waals surface area contributed by atoms with E-state index in [-0.39, 0.29) is 17.1 Å². The van der Waals surface area contributed by atoms with Gasteiger partial charge in [-0.25, -0.2) is 0 Å². The van der Waals surface area contributed by atoms with Crippen molar-refractivity contribution in [2.75, 3.05) is 6.26 Å². The predicted molar refractivity (Wildman–Crippen MR) is 55.4 cm³/mol. The van der Waals surface area contributed by atoms with E-state index >= 15 is 0 Å². The van der Waals surface area contributed by atoms with Gasteiger partial charge in [-0.3, -0.25) is 4.79 Å². The van der Waals surface area contributed by atoms with E-state index in [0.29, 0.717) is 5.92 Å². The number of hydrogen-bond acceptors (Lipinski definition) is 3. The molecule has 0 fully saturated rings. The fourth-order valence-electron chi connectivity index (χ4n) is 1.04. The Morgan fingerprint density at radius 2 is 1.92 bits per heavy atom. The number of hydrogen-bond donors (Lipinski definition) is 1. The molecular weight excluding hydrogens is 170 g/mol. The fraction of sp³-hybridized carbons (Fsp3) is 0.889. The first-order valence-electron chi connectivity index (χ1n) is 4.31. The van der Waals surface area contributed by atoms with Crippen molar-refractivity contribution in [1.29, 1.82) is 0 Å². The third-order valence-electron chi connectivity index (χ3n) is 1.85. The molecule has 0 rings (SSSR count). The Bertz CT molecular complexity index is 147. The molecule has 12 heavy (non-hydrogen) atoms. The minimum Gasteiger partial charge on any atom is -0.321 e. The quantitative estimate of drug-likeness (QED) is 0.715.